The molecule has 4 N–H and O–H groups in total. The van der Waals surface area contributed by atoms with E-state index in [9.17, 15) is 19.8 Å². The standard InChI is InChI=1S/C16H21N5O8/c1-26-8(22)3-4-9(23)28-5-7-11(24)12(25)15(29-7)21-6-18-10-13(21)19-16(17)20-14(10)27-2/h6-7,11-12,15,24-25H,3-5H2,1-2H3,(H2,17,19,20)/t7-,11-,12+,15-/m1/s1. The lowest BCUT2D eigenvalue weighted by Gasteiger charge is -2.16. The van der Waals surface area contributed by atoms with Crippen LogP contribution in [0.2, 0.25) is 0 Å². The Morgan fingerprint density at radius 2 is 1.93 bits per heavy atom. The molecule has 0 saturated carbocycles. The van der Waals surface area contributed by atoms with E-state index in [2.05, 4.69) is 19.7 Å². The first-order chi connectivity index (χ1) is 13.8. The largest absolute Gasteiger partial charge is 0.479 e. The van der Waals surface area contributed by atoms with E-state index < -0.39 is 36.5 Å². The number of ether oxygens (including phenoxy) is 4. The van der Waals surface area contributed by atoms with Gasteiger partial charge in [-0.15, -0.1) is 0 Å². The van der Waals surface area contributed by atoms with Gasteiger partial charge in [0.15, 0.2) is 17.4 Å². The van der Waals surface area contributed by atoms with Crippen molar-refractivity contribution in [2.45, 2.75) is 37.4 Å². The van der Waals surface area contributed by atoms with Crippen molar-refractivity contribution in [3.8, 4) is 5.88 Å². The highest BCUT2D eigenvalue weighted by Crippen LogP contribution is 2.33. The van der Waals surface area contributed by atoms with E-state index in [1.54, 1.807) is 0 Å². The zero-order valence-electron chi connectivity index (χ0n) is 15.7. The number of anilines is 1. The molecule has 1 saturated heterocycles. The lowest BCUT2D eigenvalue weighted by Crippen LogP contribution is -2.34. The average molecular weight is 411 g/mol. The van der Waals surface area contributed by atoms with Crippen LogP contribution in [0.3, 0.4) is 0 Å². The predicted octanol–water partition coefficient (Wildman–Crippen LogP) is -1.47. The number of nitrogen functional groups attached to an aromatic ring is 1. The highest BCUT2D eigenvalue weighted by Gasteiger charge is 2.45. The van der Waals surface area contributed by atoms with Gasteiger partial charge in [0.1, 0.15) is 24.9 Å². The van der Waals surface area contributed by atoms with Gasteiger partial charge in [-0.3, -0.25) is 14.2 Å². The summed E-state index contributed by atoms with van der Waals surface area (Å²) in [5.74, 6) is -1.13. The van der Waals surface area contributed by atoms with Crippen LogP contribution in [0.5, 0.6) is 5.88 Å². The maximum absolute atomic E-state index is 11.7. The summed E-state index contributed by atoms with van der Waals surface area (Å²) >= 11 is 0. The molecule has 1 aliphatic rings. The quantitative estimate of drug-likeness (QED) is 0.451. The maximum atomic E-state index is 11.7. The third kappa shape index (κ3) is 4.21. The maximum Gasteiger partial charge on any atom is 0.306 e. The van der Waals surface area contributed by atoms with E-state index >= 15 is 0 Å². The summed E-state index contributed by atoms with van der Waals surface area (Å²) in [4.78, 5) is 34.9. The van der Waals surface area contributed by atoms with Crippen molar-refractivity contribution in [2.24, 2.45) is 0 Å². The Labute approximate surface area is 164 Å². The summed E-state index contributed by atoms with van der Waals surface area (Å²) in [6.45, 7) is -0.318. The second kappa shape index (κ2) is 8.55. The van der Waals surface area contributed by atoms with Crippen LogP contribution in [0, 0.1) is 0 Å². The molecule has 158 valence electrons. The van der Waals surface area contributed by atoms with Crippen molar-refractivity contribution in [2.75, 3.05) is 26.6 Å². The number of esters is 2. The third-order valence-electron chi connectivity index (χ3n) is 4.38. The topological polar surface area (TPSA) is 181 Å². The lowest BCUT2D eigenvalue weighted by molar-refractivity contribution is -0.153. The van der Waals surface area contributed by atoms with E-state index in [4.69, 9.17) is 19.9 Å². The molecule has 0 aliphatic carbocycles. The molecule has 1 aliphatic heterocycles. The molecule has 4 atom stereocenters. The monoisotopic (exact) mass is 411 g/mol. The van der Waals surface area contributed by atoms with Gasteiger partial charge in [-0.05, 0) is 0 Å². The van der Waals surface area contributed by atoms with Crippen molar-refractivity contribution >= 4 is 29.1 Å². The van der Waals surface area contributed by atoms with Crippen molar-refractivity contribution in [1.29, 1.82) is 0 Å². The molecule has 3 rings (SSSR count). The summed E-state index contributed by atoms with van der Waals surface area (Å²) in [5.41, 5.74) is 6.20. The zero-order valence-corrected chi connectivity index (χ0v) is 15.7. The minimum Gasteiger partial charge on any atom is -0.479 e. The first-order valence-corrected chi connectivity index (χ1v) is 8.63. The number of aliphatic hydroxyl groups is 2. The fraction of sp³-hybridized carbons (Fsp3) is 0.562. The molecule has 0 unspecified atom stereocenters. The van der Waals surface area contributed by atoms with Crippen LogP contribution >= 0.6 is 0 Å². The Kier molecular flexibility index (Phi) is 6.10. The lowest BCUT2D eigenvalue weighted by atomic mass is 10.1. The number of aliphatic hydroxyl groups excluding tert-OH is 2. The molecule has 2 aromatic heterocycles. The van der Waals surface area contributed by atoms with Crippen molar-refractivity contribution in [1.82, 2.24) is 19.5 Å². The van der Waals surface area contributed by atoms with Crippen molar-refractivity contribution in [3.05, 3.63) is 6.33 Å². The van der Waals surface area contributed by atoms with Gasteiger partial charge in [0.25, 0.3) is 0 Å². The van der Waals surface area contributed by atoms with Crippen molar-refractivity contribution < 1.29 is 38.7 Å². The van der Waals surface area contributed by atoms with Crippen LogP contribution in [0.1, 0.15) is 19.1 Å². The van der Waals surface area contributed by atoms with Gasteiger partial charge in [0.05, 0.1) is 33.4 Å². The number of imidazole rings is 1. The van der Waals surface area contributed by atoms with Crippen LogP contribution in [-0.2, 0) is 23.8 Å². The van der Waals surface area contributed by atoms with Gasteiger partial charge < -0.3 is 34.9 Å². The SMILES string of the molecule is COC(=O)CCC(=O)OC[C@H]1O[C@@H](n2cnc3c(OC)nc(N)nc32)[C@@H](O)[C@@H]1O. The van der Waals surface area contributed by atoms with Gasteiger partial charge in [-0.2, -0.15) is 9.97 Å². The fourth-order valence-corrected chi connectivity index (χ4v) is 2.89. The van der Waals surface area contributed by atoms with E-state index in [1.807, 2.05) is 0 Å². The van der Waals surface area contributed by atoms with Gasteiger partial charge >= 0.3 is 11.9 Å². The molecule has 2 aromatic rings. The van der Waals surface area contributed by atoms with Crippen LogP contribution < -0.4 is 10.5 Å². The number of rotatable bonds is 7. The summed E-state index contributed by atoms with van der Waals surface area (Å²) in [6, 6.07) is 0. The fourth-order valence-electron chi connectivity index (χ4n) is 2.89. The molecule has 0 spiro atoms. The zero-order chi connectivity index (χ0) is 21.1. The number of fused-ring (bicyclic) bond motifs is 1. The molecular formula is C16H21N5O8. The molecule has 0 amide bonds. The number of nitrogens with zero attached hydrogens (tertiary/aromatic N) is 4. The summed E-state index contributed by atoms with van der Waals surface area (Å²) in [6.07, 6.45) is -3.72. The molecule has 13 nitrogen and oxygen atoms in total. The van der Waals surface area contributed by atoms with E-state index in [-0.39, 0.29) is 36.9 Å². The van der Waals surface area contributed by atoms with Gasteiger partial charge in [0.2, 0.25) is 11.8 Å². The summed E-state index contributed by atoms with van der Waals surface area (Å²) < 4.78 is 21.6. The van der Waals surface area contributed by atoms with E-state index in [1.165, 1.54) is 25.1 Å². The van der Waals surface area contributed by atoms with Crippen LogP contribution in [-0.4, -0.2) is 80.8 Å². The van der Waals surface area contributed by atoms with Crippen LogP contribution in [0.25, 0.3) is 11.2 Å². The minimum atomic E-state index is -1.35. The van der Waals surface area contributed by atoms with E-state index in [0.29, 0.717) is 5.52 Å². The Hall–Kier alpha value is -3.03. The van der Waals surface area contributed by atoms with Crippen molar-refractivity contribution in [3.63, 3.8) is 0 Å². The number of hydrogen-bond acceptors (Lipinski definition) is 12. The predicted molar refractivity (Wildman–Crippen MR) is 94.4 cm³/mol. The highest BCUT2D eigenvalue weighted by molar-refractivity contribution is 5.78. The highest BCUT2D eigenvalue weighted by atomic mass is 16.6. The number of carbonyl (C=O) groups is 2. The molecule has 1 fully saturated rings. The number of hydrogen-bond donors (Lipinski definition) is 3. The van der Waals surface area contributed by atoms with Gasteiger partial charge in [0, 0.05) is 0 Å². The van der Waals surface area contributed by atoms with Gasteiger partial charge in [-0.1, -0.05) is 0 Å². The molecule has 29 heavy (non-hydrogen) atoms. The molecule has 3 heterocycles. The first kappa shape index (κ1) is 20.7. The first-order valence-electron chi connectivity index (χ1n) is 8.63. The number of nitrogens with two attached hydrogens (primary N) is 1. The second-order valence-corrected chi connectivity index (χ2v) is 6.22. The van der Waals surface area contributed by atoms with E-state index in [0.717, 1.165) is 0 Å². The number of carbonyl (C=O) groups excluding carboxylic acids is 2. The Morgan fingerprint density at radius 3 is 2.62 bits per heavy atom. The normalized spacial score (nSPS) is 23.9. The smallest absolute Gasteiger partial charge is 0.306 e. The summed E-state index contributed by atoms with van der Waals surface area (Å²) in [5, 5.41) is 20.7. The van der Waals surface area contributed by atoms with Crippen LogP contribution in [0.4, 0.5) is 5.95 Å². The second-order valence-electron chi connectivity index (χ2n) is 6.22. The molecule has 0 bridgehead atoms. The molecular weight excluding hydrogens is 390 g/mol. The average Bonchev–Trinajstić information content (AvgIpc) is 3.25. The Morgan fingerprint density at radius 1 is 1.21 bits per heavy atom. The third-order valence-corrected chi connectivity index (χ3v) is 4.38. The Bertz CT molecular complexity index is 903. The number of methoxy groups -OCH3 is 2. The minimum absolute atomic E-state index is 0.0692. The molecule has 0 radical (unpaired) electrons. The molecule has 13 heteroatoms. The Balaban J connectivity index is 1.70. The number of aromatic nitrogens is 4. The van der Waals surface area contributed by atoms with Crippen LogP contribution in [0.15, 0.2) is 6.33 Å². The molecule has 0 aromatic carbocycles. The summed E-state index contributed by atoms with van der Waals surface area (Å²) in [7, 11) is 2.61. The van der Waals surface area contributed by atoms with Gasteiger partial charge in [-0.25, -0.2) is 4.98 Å².